The van der Waals surface area contributed by atoms with E-state index in [9.17, 15) is 5.11 Å². The Morgan fingerprint density at radius 1 is 1.21 bits per heavy atom. The molecule has 0 spiro atoms. The zero-order chi connectivity index (χ0) is 20.1. The molecular formula is C22H34N4O2. The molecule has 0 radical (unpaired) electrons. The molecule has 1 aliphatic rings. The predicted octanol–water partition coefficient (Wildman–Crippen LogP) is 2.60. The van der Waals surface area contributed by atoms with Crippen LogP contribution in [-0.2, 0) is 19.6 Å². The van der Waals surface area contributed by atoms with E-state index in [2.05, 4.69) is 52.5 Å². The maximum absolute atomic E-state index is 9.61. The summed E-state index contributed by atoms with van der Waals surface area (Å²) in [6.45, 7) is 12.4. The van der Waals surface area contributed by atoms with Gasteiger partial charge in [0.1, 0.15) is 5.75 Å². The molecule has 0 bridgehead atoms. The van der Waals surface area contributed by atoms with Crippen molar-refractivity contribution in [2.24, 2.45) is 0 Å². The van der Waals surface area contributed by atoms with Crippen LogP contribution in [0.1, 0.15) is 35.9 Å². The summed E-state index contributed by atoms with van der Waals surface area (Å²) in [7, 11) is 1.71. The lowest BCUT2D eigenvalue weighted by atomic mass is 10.1. The lowest BCUT2D eigenvalue weighted by molar-refractivity contribution is 0.0497. The summed E-state index contributed by atoms with van der Waals surface area (Å²) in [4.78, 5) is 5.01. The number of rotatable bonds is 8. The van der Waals surface area contributed by atoms with Crippen LogP contribution in [0, 0.1) is 13.8 Å². The summed E-state index contributed by atoms with van der Waals surface area (Å²) in [5, 5.41) is 14.3. The molecule has 0 amide bonds. The second-order valence-electron chi connectivity index (χ2n) is 7.69. The van der Waals surface area contributed by atoms with E-state index in [-0.39, 0.29) is 6.61 Å². The maximum atomic E-state index is 9.61. The quantitative estimate of drug-likeness (QED) is 0.756. The Morgan fingerprint density at radius 3 is 2.71 bits per heavy atom. The van der Waals surface area contributed by atoms with Gasteiger partial charge < -0.3 is 9.84 Å². The number of aliphatic hydroxyl groups is 1. The molecule has 3 rings (SSSR count). The summed E-state index contributed by atoms with van der Waals surface area (Å²) < 4.78 is 7.45. The Hall–Kier alpha value is -1.89. The summed E-state index contributed by atoms with van der Waals surface area (Å²) in [6, 6.07) is 8.63. The van der Waals surface area contributed by atoms with Gasteiger partial charge in [-0.25, -0.2) is 0 Å². The van der Waals surface area contributed by atoms with Crippen LogP contribution in [0.5, 0.6) is 5.75 Å². The van der Waals surface area contributed by atoms with Gasteiger partial charge in [0.25, 0.3) is 0 Å². The first kappa shape index (κ1) is 20.8. The maximum Gasteiger partial charge on any atom is 0.119 e. The third-order valence-electron chi connectivity index (χ3n) is 5.88. The fourth-order valence-electron chi connectivity index (χ4n) is 4.23. The van der Waals surface area contributed by atoms with Gasteiger partial charge in [-0.15, -0.1) is 0 Å². The Kier molecular flexibility index (Phi) is 7.10. The van der Waals surface area contributed by atoms with Gasteiger partial charge in [0.05, 0.1) is 12.8 Å². The zero-order valence-corrected chi connectivity index (χ0v) is 17.7. The molecule has 0 unspecified atom stereocenters. The summed E-state index contributed by atoms with van der Waals surface area (Å²) in [5.41, 5.74) is 5.02. The van der Waals surface area contributed by atoms with Gasteiger partial charge in [-0.1, -0.05) is 12.1 Å². The third-order valence-corrected chi connectivity index (χ3v) is 5.88. The van der Waals surface area contributed by atoms with E-state index in [0.29, 0.717) is 6.04 Å². The summed E-state index contributed by atoms with van der Waals surface area (Å²) in [5.74, 6) is 0.897. The third kappa shape index (κ3) is 4.74. The van der Waals surface area contributed by atoms with E-state index in [1.807, 2.05) is 12.1 Å². The highest BCUT2D eigenvalue weighted by atomic mass is 16.5. The second-order valence-corrected chi connectivity index (χ2v) is 7.69. The SMILES string of the molecule is CCn1nc(C)c(CN2CCN(Cc3cccc(OC)c3)[C@H](CCO)C2)c1C. The van der Waals surface area contributed by atoms with Crippen LogP contribution in [0.4, 0.5) is 0 Å². The molecule has 1 atom stereocenters. The van der Waals surface area contributed by atoms with Gasteiger partial charge in [0.15, 0.2) is 0 Å². The van der Waals surface area contributed by atoms with Gasteiger partial charge in [-0.05, 0) is 44.9 Å². The van der Waals surface area contributed by atoms with Crippen molar-refractivity contribution < 1.29 is 9.84 Å². The van der Waals surface area contributed by atoms with Gasteiger partial charge in [-0.2, -0.15) is 5.10 Å². The van der Waals surface area contributed by atoms with Crippen LogP contribution in [0.15, 0.2) is 24.3 Å². The monoisotopic (exact) mass is 386 g/mol. The smallest absolute Gasteiger partial charge is 0.119 e. The fraction of sp³-hybridized carbons (Fsp3) is 0.591. The first-order chi connectivity index (χ1) is 13.5. The number of aromatic nitrogens is 2. The molecule has 154 valence electrons. The molecule has 0 aliphatic carbocycles. The van der Waals surface area contributed by atoms with Crippen molar-refractivity contribution in [1.29, 1.82) is 0 Å². The number of nitrogens with zero attached hydrogens (tertiary/aromatic N) is 4. The average Bonchev–Trinajstić information content (AvgIpc) is 2.98. The van der Waals surface area contributed by atoms with E-state index in [1.54, 1.807) is 7.11 Å². The first-order valence-electron chi connectivity index (χ1n) is 10.3. The number of piperazine rings is 1. The Labute approximate surface area is 168 Å². The van der Waals surface area contributed by atoms with E-state index in [1.165, 1.54) is 16.8 Å². The van der Waals surface area contributed by atoms with Gasteiger partial charge >= 0.3 is 0 Å². The highest BCUT2D eigenvalue weighted by Crippen LogP contribution is 2.22. The molecule has 1 N–H and O–H groups in total. The standard InChI is InChI=1S/C22H34N4O2/c1-5-26-18(3)22(17(2)23-26)16-24-10-11-25(20(15-24)9-12-27)14-19-7-6-8-21(13-19)28-4/h6-8,13,20,27H,5,9-12,14-16H2,1-4H3/t20-/m1/s1. The van der Waals surface area contributed by atoms with Crippen LogP contribution >= 0.6 is 0 Å². The Bertz CT molecular complexity index is 774. The van der Waals surface area contributed by atoms with Crippen LogP contribution in [0.2, 0.25) is 0 Å². The van der Waals surface area contributed by atoms with Crippen LogP contribution in [0.25, 0.3) is 0 Å². The number of methoxy groups -OCH3 is 1. The number of aliphatic hydroxyl groups excluding tert-OH is 1. The van der Waals surface area contributed by atoms with Crippen LogP contribution in [0.3, 0.4) is 0 Å². The normalized spacial score (nSPS) is 18.5. The Morgan fingerprint density at radius 2 is 2.04 bits per heavy atom. The molecular weight excluding hydrogens is 352 g/mol. The van der Waals surface area contributed by atoms with E-state index >= 15 is 0 Å². The fourth-order valence-corrected chi connectivity index (χ4v) is 4.23. The molecule has 1 fully saturated rings. The first-order valence-corrected chi connectivity index (χ1v) is 10.3. The molecule has 1 saturated heterocycles. The van der Waals surface area contributed by atoms with Crippen molar-refractivity contribution in [1.82, 2.24) is 19.6 Å². The number of hydrogen-bond donors (Lipinski definition) is 1. The molecule has 1 aliphatic heterocycles. The van der Waals surface area contributed by atoms with Crippen molar-refractivity contribution in [3.05, 3.63) is 46.8 Å². The summed E-state index contributed by atoms with van der Waals surface area (Å²) >= 11 is 0. The van der Waals surface area contributed by atoms with E-state index in [4.69, 9.17) is 4.74 Å². The van der Waals surface area contributed by atoms with Gasteiger partial charge in [0.2, 0.25) is 0 Å². The topological polar surface area (TPSA) is 53.8 Å². The van der Waals surface area contributed by atoms with Crippen molar-refractivity contribution in [3.63, 3.8) is 0 Å². The average molecular weight is 387 g/mol. The predicted molar refractivity (Wildman–Crippen MR) is 112 cm³/mol. The molecule has 2 aromatic rings. The number of hydrogen-bond acceptors (Lipinski definition) is 5. The van der Waals surface area contributed by atoms with Gasteiger partial charge in [0, 0.05) is 63.2 Å². The molecule has 28 heavy (non-hydrogen) atoms. The molecule has 0 saturated carbocycles. The van der Waals surface area contributed by atoms with Crippen LogP contribution in [-0.4, -0.2) is 64.1 Å². The Balaban J connectivity index is 1.67. The number of aryl methyl sites for hydroxylation is 2. The molecule has 1 aromatic heterocycles. The van der Waals surface area contributed by atoms with E-state index in [0.717, 1.165) is 57.1 Å². The zero-order valence-electron chi connectivity index (χ0n) is 17.7. The highest BCUT2D eigenvalue weighted by Gasteiger charge is 2.27. The minimum Gasteiger partial charge on any atom is -0.497 e. The molecule has 6 nitrogen and oxygen atoms in total. The largest absolute Gasteiger partial charge is 0.497 e. The van der Waals surface area contributed by atoms with Gasteiger partial charge in [-0.3, -0.25) is 14.5 Å². The molecule has 6 heteroatoms. The van der Waals surface area contributed by atoms with Crippen molar-refractivity contribution >= 4 is 0 Å². The van der Waals surface area contributed by atoms with Crippen molar-refractivity contribution in [2.75, 3.05) is 33.4 Å². The minimum absolute atomic E-state index is 0.221. The molecule has 1 aromatic carbocycles. The van der Waals surface area contributed by atoms with E-state index < -0.39 is 0 Å². The second kappa shape index (κ2) is 9.54. The van der Waals surface area contributed by atoms with Crippen LogP contribution < -0.4 is 4.74 Å². The van der Waals surface area contributed by atoms with Crippen molar-refractivity contribution in [3.8, 4) is 5.75 Å². The van der Waals surface area contributed by atoms with Crippen molar-refractivity contribution in [2.45, 2.75) is 52.9 Å². The highest BCUT2D eigenvalue weighted by molar-refractivity contribution is 5.28. The summed E-state index contributed by atoms with van der Waals surface area (Å²) in [6.07, 6.45) is 0.798. The number of ether oxygens (including phenoxy) is 1. The number of benzene rings is 1. The minimum atomic E-state index is 0.221. The lowest BCUT2D eigenvalue weighted by Gasteiger charge is -2.41. The molecule has 2 heterocycles. The lowest BCUT2D eigenvalue weighted by Crippen LogP contribution is -2.52.